The Morgan fingerprint density at radius 1 is 1.08 bits per heavy atom. The third-order valence-corrected chi connectivity index (χ3v) is 7.72. The first kappa shape index (κ1) is 27.6. The fourth-order valence-corrected chi connectivity index (χ4v) is 5.41. The Morgan fingerprint density at radius 3 is 2.53 bits per heavy atom. The molecular formula is C28H29ClN2O6S. The predicted octanol–water partition coefficient (Wildman–Crippen LogP) is 3.48. The Hall–Kier alpha value is -3.40. The summed E-state index contributed by atoms with van der Waals surface area (Å²) in [4.78, 5) is 26.9. The summed E-state index contributed by atoms with van der Waals surface area (Å²) in [5.41, 5.74) is 3.32. The average Bonchev–Trinajstić information content (AvgIpc) is 2.90. The van der Waals surface area contributed by atoms with Crippen molar-refractivity contribution in [2.24, 2.45) is 0 Å². The first-order valence-corrected chi connectivity index (χ1v) is 14.3. The van der Waals surface area contributed by atoms with E-state index in [0.717, 1.165) is 29.5 Å². The molecule has 8 nitrogen and oxygen atoms in total. The van der Waals surface area contributed by atoms with Crippen molar-refractivity contribution in [1.29, 1.82) is 0 Å². The Labute approximate surface area is 227 Å². The van der Waals surface area contributed by atoms with Gasteiger partial charge in [0.25, 0.3) is 5.91 Å². The van der Waals surface area contributed by atoms with Crippen LogP contribution in [0.4, 0.5) is 0 Å². The molecule has 0 spiro atoms. The molecule has 0 aromatic heterocycles. The number of rotatable bonds is 9. The van der Waals surface area contributed by atoms with E-state index in [0.29, 0.717) is 24.3 Å². The Bertz CT molecular complexity index is 1440. The van der Waals surface area contributed by atoms with E-state index in [4.69, 9.17) is 21.1 Å². The summed E-state index contributed by atoms with van der Waals surface area (Å²) in [6.07, 6.45) is 1.79. The molecule has 38 heavy (non-hydrogen) atoms. The average molecular weight is 557 g/mol. The van der Waals surface area contributed by atoms with Gasteiger partial charge in [-0.25, -0.2) is 13.2 Å². The van der Waals surface area contributed by atoms with Gasteiger partial charge in [-0.1, -0.05) is 54.1 Å². The predicted molar refractivity (Wildman–Crippen MR) is 144 cm³/mol. The fourth-order valence-electron chi connectivity index (χ4n) is 4.41. The van der Waals surface area contributed by atoms with Gasteiger partial charge in [0.2, 0.25) is 0 Å². The van der Waals surface area contributed by atoms with Gasteiger partial charge in [-0.05, 0) is 47.9 Å². The van der Waals surface area contributed by atoms with Crippen molar-refractivity contribution in [2.45, 2.75) is 36.9 Å². The third kappa shape index (κ3) is 6.53. The topological polar surface area (TPSA) is 111 Å². The number of nitrogens with one attached hydrogen (secondary N) is 2. The number of carbonyl (C=O) groups is 2. The number of hydrogen-bond acceptors (Lipinski definition) is 7. The minimum atomic E-state index is -3.46. The minimum absolute atomic E-state index is 0.0114. The lowest BCUT2D eigenvalue weighted by molar-refractivity contribution is -0.147. The highest BCUT2D eigenvalue weighted by Crippen LogP contribution is 2.35. The van der Waals surface area contributed by atoms with Crippen LogP contribution in [0.3, 0.4) is 0 Å². The van der Waals surface area contributed by atoms with Crippen LogP contribution in [0, 0.1) is 0 Å². The first-order chi connectivity index (χ1) is 18.2. The van der Waals surface area contributed by atoms with E-state index < -0.39 is 27.8 Å². The number of hydrogen-bond donors (Lipinski definition) is 2. The highest BCUT2D eigenvalue weighted by Gasteiger charge is 2.29. The van der Waals surface area contributed by atoms with Crippen molar-refractivity contribution in [1.82, 2.24) is 10.6 Å². The zero-order valence-corrected chi connectivity index (χ0v) is 22.7. The largest absolute Gasteiger partial charge is 0.496 e. The van der Waals surface area contributed by atoms with Crippen LogP contribution in [0.25, 0.3) is 0 Å². The van der Waals surface area contributed by atoms with Crippen molar-refractivity contribution in [2.75, 3.05) is 19.9 Å². The molecule has 1 amide bonds. The Balaban J connectivity index is 1.63. The van der Waals surface area contributed by atoms with Crippen LogP contribution in [-0.4, -0.2) is 46.2 Å². The summed E-state index contributed by atoms with van der Waals surface area (Å²) in [6.45, 7) is 1.36. The molecule has 2 N–H and O–H groups in total. The summed E-state index contributed by atoms with van der Waals surface area (Å²) in [5.74, 6) is -0.875. The minimum Gasteiger partial charge on any atom is -0.496 e. The van der Waals surface area contributed by atoms with Crippen molar-refractivity contribution in [3.8, 4) is 5.75 Å². The quantitative estimate of drug-likeness (QED) is 0.388. The van der Waals surface area contributed by atoms with Gasteiger partial charge in [-0.3, -0.25) is 4.79 Å². The summed E-state index contributed by atoms with van der Waals surface area (Å²) in [5, 5.41) is 6.23. The number of ether oxygens (including phenoxy) is 2. The van der Waals surface area contributed by atoms with Crippen LogP contribution in [0.15, 0.2) is 65.6 Å². The van der Waals surface area contributed by atoms with Gasteiger partial charge in [-0.15, -0.1) is 0 Å². The van der Waals surface area contributed by atoms with Crippen molar-refractivity contribution in [3.05, 3.63) is 93.5 Å². The monoisotopic (exact) mass is 556 g/mol. The molecule has 0 fully saturated rings. The van der Waals surface area contributed by atoms with Crippen LogP contribution in [-0.2, 0) is 45.4 Å². The summed E-state index contributed by atoms with van der Waals surface area (Å²) >= 11 is 6.52. The number of sulfone groups is 1. The molecule has 1 atom stereocenters. The maximum absolute atomic E-state index is 13.5. The lowest BCUT2D eigenvalue weighted by Crippen LogP contribution is -2.43. The van der Waals surface area contributed by atoms with Crippen LogP contribution in [0.1, 0.15) is 32.6 Å². The second-order valence-electron chi connectivity index (χ2n) is 9.07. The van der Waals surface area contributed by atoms with E-state index in [-0.39, 0.29) is 28.5 Å². The fraction of sp³-hybridized carbons (Fsp3) is 0.286. The number of benzene rings is 3. The lowest BCUT2D eigenvalue weighted by atomic mass is 9.96. The maximum Gasteiger partial charge on any atom is 0.329 e. The van der Waals surface area contributed by atoms with E-state index in [1.54, 1.807) is 18.2 Å². The first-order valence-electron chi connectivity index (χ1n) is 12.1. The molecule has 4 rings (SSSR count). The molecule has 0 radical (unpaired) electrons. The Kier molecular flexibility index (Phi) is 8.71. The lowest BCUT2D eigenvalue weighted by Gasteiger charge is -2.24. The van der Waals surface area contributed by atoms with Crippen LogP contribution < -0.4 is 15.4 Å². The van der Waals surface area contributed by atoms with Gasteiger partial charge >= 0.3 is 5.97 Å². The molecule has 1 heterocycles. The van der Waals surface area contributed by atoms with Crippen LogP contribution in [0.5, 0.6) is 5.75 Å². The molecule has 200 valence electrons. The van der Waals surface area contributed by atoms with E-state index in [1.807, 2.05) is 30.3 Å². The molecule has 3 aromatic carbocycles. The molecule has 10 heteroatoms. The van der Waals surface area contributed by atoms with Gasteiger partial charge in [0, 0.05) is 24.8 Å². The summed E-state index contributed by atoms with van der Waals surface area (Å²) in [6, 6.07) is 16.0. The van der Waals surface area contributed by atoms with Gasteiger partial charge in [-0.2, -0.15) is 0 Å². The van der Waals surface area contributed by atoms with Crippen LogP contribution in [0.2, 0.25) is 5.02 Å². The molecule has 0 aliphatic carbocycles. The smallest absolute Gasteiger partial charge is 0.329 e. The standard InChI is InChI=1S/C28H29ClN2O6S/c1-36-26-22-11-12-30-16-20(22)15-23(29)25(26)27(32)31-24(28(33)37-17-18-7-4-3-5-8-18)14-19-9-6-10-21(13-19)38(2,34)35/h3-10,13,15,24,30H,11-12,14,16-17H2,1-2H3,(H,31,32). The maximum atomic E-state index is 13.5. The summed E-state index contributed by atoms with van der Waals surface area (Å²) < 4.78 is 35.3. The van der Waals surface area contributed by atoms with Gasteiger partial charge < -0.3 is 20.1 Å². The number of esters is 1. The summed E-state index contributed by atoms with van der Waals surface area (Å²) in [7, 11) is -1.98. The Morgan fingerprint density at radius 2 is 1.82 bits per heavy atom. The number of fused-ring (bicyclic) bond motifs is 1. The van der Waals surface area contributed by atoms with E-state index in [2.05, 4.69) is 10.6 Å². The molecule has 0 bridgehead atoms. The number of methoxy groups -OCH3 is 1. The SMILES string of the molecule is COc1c2c(cc(Cl)c1C(=O)NC(Cc1cccc(S(C)(=O)=O)c1)C(=O)OCc1ccccc1)CNCC2. The number of carbonyl (C=O) groups excluding carboxylic acids is 2. The normalized spacial score (nSPS) is 13.8. The van der Waals surface area contributed by atoms with Gasteiger partial charge in [0.15, 0.2) is 9.84 Å². The van der Waals surface area contributed by atoms with Gasteiger partial charge in [0.1, 0.15) is 24.0 Å². The number of halogens is 1. The van der Waals surface area contributed by atoms with Crippen molar-refractivity contribution in [3.63, 3.8) is 0 Å². The number of amides is 1. The zero-order chi connectivity index (χ0) is 27.3. The third-order valence-electron chi connectivity index (χ3n) is 6.31. The molecule has 0 saturated carbocycles. The van der Waals surface area contributed by atoms with Crippen molar-refractivity contribution < 1.29 is 27.5 Å². The molecule has 1 aliphatic rings. The zero-order valence-electron chi connectivity index (χ0n) is 21.1. The van der Waals surface area contributed by atoms with Crippen LogP contribution >= 0.6 is 11.6 Å². The second-order valence-corrected chi connectivity index (χ2v) is 11.5. The molecule has 1 aliphatic heterocycles. The second kappa shape index (κ2) is 12.0. The molecule has 0 saturated heterocycles. The highest BCUT2D eigenvalue weighted by atomic mass is 35.5. The van der Waals surface area contributed by atoms with Gasteiger partial charge in [0.05, 0.1) is 17.0 Å². The molecule has 1 unspecified atom stereocenters. The van der Waals surface area contributed by atoms with Crippen molar-refractivity contribution >= 4 is 33.3 Å². The van der Waals surface area contributed by atoms with E-state index >= 15 is 0 Å². The highest BCUT2D eigenvalue weighted by molar-refractivity contribution is 7.90. The molecular weight excluding hydrogens is 528 g/mol. The van der Waals surface area contributed by atoms with E-state index in [1.165, 1.54) is 19.2 Å². The molecule has 3 aromatic rings. The van der Waals surface area contributed by atoms with E-state index in [9.17, 15) is 18.0 Å².